The molecule has 2 aliphatic rings. The molecule has 0 saturated carbocycles. The van der Waals surface area contributed by atoms with Crippen molar-refractivity contribution in [1.82, 2.24) is 4.90 Å². The highest BCUT2D eigenvalue weighted by Gasteiger charge is 2.36. The van der Waals surface area contributed by atoms with Crippen molar-refractivity contribution in [2.45, 2.75) is 37.6 Å². The van der Waals surface area contributed by atoms with E-state index in [2.05, 4.69) is 23.1 Å². The molecule has 2 aromatic rings. The Morgan fingerprint density at radius 2 is 1.79 bits per heavy atom. The maximum Gasteiger partial charge on any atom is 0.419 e. The highest BCUT2D eigenvalue weighted by Crippen LogP contribution is 2.34. The molecule has 28 heavy (non-hydrogen) atoms. The van der Waals surface area contributed by atoms with Crippen LogP contribution in [0.4, 0.5) is 17.6 Å². The highest BCUT2D eigenvalue weighted by atomic mass is 19.4. The molecule has 0 spiro atoms. The van der Waals surface area contributed by atoms with Crippen LogP contribution in [0, 0.1) is 5.82 Å². The maximum atomic E-state index is 13.5. The normalized spacial score (nSPS) is 22.8. The third-order valence-electron chi connectivity index (χ3n) is 5.40. The Morgan fingerprint density at radius 3 is 2.50 bits per heavy atom. The van der Waals surface area contributed by atoms with Gasteiger partial charge in [-0.3, -0.25) is 4.90 Å². The van der Waals surface area contributed by atoms with Crippen molar-refractivity contribution >= 4 is 0 Å². The van der Waals surface area contributed by atoms with E-state index in [4.69, 9.17) is 4.74 Å². The number of hydrogen-bond acceptors (Lipinski definition) is 2. The molecule has 1 saturated heterocycles. The van der Waals surface area contributed by atoms with E-state index in [1.54, 1.807) is 0 Å². The van der Waals surface area contributed by atoms with Crippen molar-refractivity contribution in [2.75, 3.05) is 13.2 Å². The van der Waals surface area contributed by atoms with Gasteiger partial charge in [0.1, 0.15) is 5.82 Å². The van der Waals surface area contributed by atoms with Crippen LogP contribution < -0.4 is 0 Å². The molecule has 148 valence electrons. The molecule has 2 bridgehead atoms. The van der Waals surface area contributed by atoms with E-state index in [1.165, 1.54) is 11.6 Å². The monoisotopic (exact) mass is 391 g/mol. The second-order valence-corrected chi connectivity index (χ2v) is 7.43. The van der Waals surface area contributed by atoms with Crippen molar-refractivity contribution in [2.24, 2.45) is 0 Å². The van der Waals surface area contributed by atoms with E-state index in [0.29, 0.717) is 25.2 Å². The molecule has 6 heteroatoms. The maximum absolute atomic E-state index is 13.5. The molecular formula is C22H21F4NO. The van der Waals surface area contributed by atoms with Gasteiger partial charge in [-0.2, -0.15) is 13.2 Å². The van der Waals surface area contributed by atoms with Crippen LogP contribution in [0.15, 0.2) is 60.2 Å². The van der Waals surface area contributed by atoms with Crippen LogP contribution in [0.2, 0.25) is 0 Å². The fraction of sp³-hybridized carbons (Fsp3) is 0.364. The molecule has 2 unspecified atom stereocenters. The lowest BCUT2D eigenvalue weighted by molar-refractivity contribution is -0.140. The SMILES string of the molecule is Fc1ccc(CC2=CC3COCC(C2)N3Cc2ccccc2)cc1C(F)(F)F. The Hall–Kier alpha value is -2.18. The zero-order valence-electron chi connectivity index (χ0n) is 15.3. The van der Waals surface area contributed by atoms with Gasteiger partial charge in [0.25, 0.3) is 0 Å². The second-order valence-electron chi connectivity index (χ2n) is 7.43. The zero-order valence-corrected chi connectivity index (χ0v) is 15.3. The Bertz CT molecular complexity index is 863. The van der Waals surface area contributed by atoms with Gasteiger partial charge >= 0.3 is 6.18 Å². The molecule has 2 aliphatic heterocycles. The Kier molecular flexibility index (Phi) is 5.25. The van der Waals surface area contributed by atoms with Gasteiger partial charge in [0.15, 0.2) is 0 Å². The first kappa shape index (κ1) is 19.2. The first-order valence-electron chi connectivity index (χ1n) is 9.33. The van der Waals surface area contributed by atoms with Crippen LogP contribution in [0.5, 0.6) is 0 Å². The minimum atomic E-state index is -4.68. The average Bonchev–Trinajstić information content (AvgIpc) is 2.64. The van der Waals surface area contributed by atoms with E-state index in [9.17, 15) is 17.6 Å². The number of alkyl halides is 3. The van der Waals surface area contributed by atoms with Gasteiger partial charge in [0.2, 0.25) is 0 Å². The molecule has 0 radical (unpaired) electrons. The summed E-state index contributed by atoms with van der Waals surface area (Å²) >= 11 is 0. The summed E-state index contributed by atoms with van der Waals surface area (Å²) < 4.78 is 58.2. The molecule has 2 atom stereocenters. The summed E-state index contributed by atoms with van der Waals surface area (Å²) in [7, 11) is 0. The molecule has 2 aromatic carbocycles. The summed E-state index contributed by atoms with van der Waals surface area (Å²) in [5, 5.41) is 0. The molecule has 2 heterocycles. The lowest BCUT2D eigenvalue weighted by atomic mass is 9.89. The molecule has 4 rings (SSSR count). The molecule has 2 nitrogen and oxygen atoms in total. The number of rotatable bonds is 4. The Labute approximate surface area is 161 Å². The Balaban J connectivity index is 1.53. The quantitative estimate of drug-likeness (QED) is 0.538. The fourth-order valence-corrected chi connectivity index (χ4v) is 4.08. The standard InChI is InChI=1S/C22H21F4NO/c23-21-7-6-16(11-20(21)22(24,25)26)8-17-9-18-13-28-14-19(10-17)27(18)12-15-4-2-1-3-5-15/h1-7,9,11,18-19H,8,10,12-14H2. The predicted octanol–water partition coefficient (Wildman–Crippen LogP) is 4.99. The van der Waals surface area contributed by atoms with Crippen LogP contribution in [0.1, 0.15) is 23.1 Å². The summed E-state index contributed by atoms with van der Waals surface area (Å²) in [4.78, 5) is 2.40. The van der Waals surface area contributed by atoms with E-state index in [0.717, 1.165) is 30.7 Å². The molecule has 0 aromatic heterocycles. The van der Waals surface area contributed by atoms with Crippen molar-refractivity contribution in [3.63, 3.8) is 0 Å². The average molecular weight is 391 g/mol. The van der Waals surface area contributed by atoms with Crippen LogP contribution in [0.25, 0.3) is 0 Å². The zero-order chi connectivity index (χ0) is 19.7. The van der Waals surface area contributed by atoms with Crippen LogP contribution in [0.3, 0.4) is 0 Å². The number of halogens is 4. The summed E-state index contributed by atoms with van der Waals surface area (Å²) in [6.07, 6.45) is -1.44. The van der Waals surface area contributed by atoms with Gasteiger partial charge in [-0.05, 0) is 36.1 Å². The highest BCUT2D eigenvalue weighted by molar-refractivity contribution is 5.32. The molecule has 0 amide bonds. The third kappa shape index (κ3) is 4.13. The first-order chi connectivity index (χ1) is 13.4. The largest absolute Gasteiger partial charge is 0.419 e. The predicted molar refractivity (Wildman–Crippen MR) is 98.2 cm³/mol. The first-order valence-corrected chi connectivity index (χ1v) is 9.33. The lowest BCUT2D eigenvalue weighted by Crippen LogP contribution is -2.53. The van der Waals surface area contributed by atoms with Gasteiger partial charge < -0.3 is 4.74 Å². The number of nitrogens with zero attached hydrogens (tertiary/aromatic N) is 1. The van der Waals surface area contributed by atoms with Gasteiger partial charge in [-0.15, -0.1) is 0 Å². The molecular weight excluding hydrogens is 370 g/mol. The number of morpholine rings is 1. The number of fused-ring (bicyclic) bond motifs is 2. The fourth-order valence-electron chi connectivity index (χ4n) is 4.08. The number of hydrogen-bond donors (Lipinski definition) is 0. The lowest BCUT2D eigenvalue weighted by Gasteiger charge is -2.45. The number of ether oxygens (including phenoxy) is 1. The molecule has 1 fully saturated rings. The smallest absolute Gasteiger partial charge is 0.378 e. The van der Waals surface area contributed by atoms with Gasteiger partial charge in [0, 0.05) is 12.6 Å². The minimum absolute atomic E-state index is 0.102. The third-order valence-corrected chi connectivity index (χ3v) is 5.40. The van der Waals surface area contributed by atoms with Crippen molar-refractivity contribution in [3.8, 4) is 0 Å². The van der Waals surface area contributed by atoms with Crippen molar-refractivity contribution in [3.05, 3.63) is 82.7 Å². The topological polar surface area (TPSA) is 12.5 Å². The van der Waals surface area contributed by atoms with Crippen molar-refractivity contribution < 1.29 is 22.3 Å². The van der Waals surface area contributed by atoms with Crippen LogP contribution >= 0.6 is 0 Å². The summed E-state index contributed by atoms with van der Waals surface area (Å²) in [6.45, 7) is 2.00. The number of benzene rings is 2. The molecule has 0 N–H and O–H groups in total. The van der Waals surface area contributed by atoms with E-state index < -0.39 is 17.6 Å². The minimum Gasteiger partial charge on any atom is -0.378 e. The Morgan fingerprint density at radius 1 is 1.00 bits per heavy atom. The second kappa shape index (κ2) is 7.68. The van der Waals surface area contributed by atoms with Gasteiger partial charge in [-0.25, -0.2) is 4.39 Å². The van der Waals surface area contributed by atoms with Gasteiger partial charge in [-0.1, -0.05) is 48.0 Å². The summed E-state index contributed by atoms with van der Waals surface area (Å²) in [5.41, 5.74) is 1.60. The van der Waals surface area contributed by atoms with Crippen LogP contribution in [-0.4, -0.2) is 30.2 Å². The van der Waals surface area contributed by atoms with E-state index in [-0.39, 0.29) is 12.1 Å². The summed E-state index contributed by atoms with van der Waals surface area (Å²) in [5.74, 6) is -1.23. The summed E-state index contributed by atoms with van der Waals surface area (Å²) in [6, 6.07) is 13.8. The van der Waals surface area contributed by atoms with Crippen LogP contribution in [-0.2, 0) is 23.9 Å². The molecule has 0 aliphatic carbocycles. The van der Waals surface area contributed by atoms with Crippen molar-refractivity contribution in [1.29, 1.82) is 0 Å². The van der Waals surface area contributed by atoms with E-state index in [1.807, 2.05) is 18.2 Å². The van der Waals surface area contributed by atoms with E-state index >= 15 is 0 Å². The van der Waals surface area contributed by atoms with Gasteiger partial charge in [0.05, 0.1) is 24.8 Å².